The summed E-state index contributed by atoms with van der Waals surface area (Å²) in [6.45, 7) is 6.94. The zero-order valence-corrected chi connectivity index (χ0v) is 19.1. The summed E-state index contributed by atoms with van der Waals surface area (Å²) >= 11 is 0. The van der Waals surface area contributed by atoms with E-state index in [1.165, 1.54) is 30.8 Å². The largest absolute Gasteiger partial charge is 0.489 e. The Bertz CT molecular complexity index is 1280. The topological polar surface area (TPSA) is 138 Å². The van der Waals surface area contributed by atoms with Gasteiger partial charge in [-0.2, -0.15) is 0 Å². The minimum atomic E-state index is -0.480. The van der Waals surface area contributed by atoms with Crippen molar-refractivity contribution in [2.45, 2.75) is 27.7 Å². The summed E-state index contributed by atoms with van der Waals surface area (Å²) < 4.78 is 6.50. The molecule has 0 fully saturated rings. The van der Waals surface area contributed by atoms with Crippen LogP contribution in [0.15, 0.2) is 56.9 Å². The fourth-order valence-electron chi connectivity index (χ4n) is 3.95. The highest BCUT2D eigenvalue weighted by molar-refractivity contribution is 6.26. The smallest absolute Gasteiger partial charge is 0.251 e. The molecule has 0 radical (unpaired) electrons. The first-order valence-corrected chi connectivity index (χ1v) is 10.4. The lowest BCUT2D eigenvalue weighted by Gasteiger charge is -2.29. The molecule has 9 heteroatoms. The molecule has 0 spiro atoms. The predicted octanol–water partition coefficient (Wildman–Crippen LogP) is 1.67. The minimum absolute atomic E-state index is 0.0670. The van der Waals surface area contributed by atoms with E-state index in [4.69, 9.17) is 10.5 Å². The fraction of sp³-hybridized carbons (Fsp3) is 0.333. The van der Waals surface area contributed by atoms with Gasteiger partial charge in [0.25, 0.3) is 5.56 Å². The van der Waals surface area contributed by atoms with E-state index in [-0.39, 0.29) is 56.8 Å². The number of hydrogen-bond acceptors (Lipinski definition) is 8. The first-order chi connectivity index (χ1) is 15.5. The van der Waals surface area contributed by atoms with Gasteiger partial charge in [-0.05, 0) is 27.7 Å². The summed E-state index contributed by atoms with van der Waals surface area (Å²) in [7, 11) is 1.53. The highest BCUT2D eigenvalue weighted by atomic mass is 16.5. The van der Waals surface area contributed by atoms with Crippen LogP contribution >= 0.6 is 0 Å². The van der Waals surface area contributed by atoms with Crippen molar-refractivity contribution in [3.05, 3.63) is 68.6 Å². The molecule has 1 aromatic heterocycles. The molecule has 2 unspecified atom stereocenters. The van der Waals surface area contributed by atoms with Crippen molar-refractivity contribution in [2.24, 2.45) is 29.6 Å². The van der Waals surface area contributed by atoms with Gasteiger partial charge in [-0.25, -0.2) is 0 Å². The molecule has 2 N–H and O–H groups in total. The molecule has 1 aromatic rings. The van der Waals surface area contributed by atoms with Crippen LogP contribution in [0.5, 0.6) is 0 Å². The molecule has 1 aliphatic heterocycles. The van der Waals surface area contributed by atoms with E-state index in [1.54, 1.807) is 33.0 Å². The van der Waals surface area contributed by atoms with Crippen LogP contribution in [0.4, 0.5) is 0 Å². The predicted molar refractivity (Wildman–Crippen MR) is 121 cm³/mol. The Morgan fingerprint density at radius 1 is 1.00 bits per heavy atom. The monoisotopic (exact) mass is 451 g/mol. The Hall–Kier alpha value is -3.88. The Morgan fingerprint density at radius 3 is 2.30 bits per heavy atom. The van der Waals surface area contributed by atoms with E-state index in [9.17, 15) is 24.0 Å². The third-order valence-corrected chi connectivity index (χ3v) is 5.90. The van der Waals surface area contributed by atoms with Gasteiger partial charge in [-0.1, -0.05) is 6.08 Å². The molecular weight excluding hydrogens is 426 g/mol. The number of hydrogen-bond donors (Lipinski definition) is 1. The van der Waals surface area contributed by atoms with Crippen molar-refractivity contribution in [2.75, 3.05) is 6.61 Å². The SMILES string of the molecule is CC1=NC=CC2C(=O)C(C)=C(N)C(=O)C12.CCOC1=C(C)C(=O)c2cc(=O)n(C)cc2C1=O. The molecule has 2 atom stereocenters. The van der Waals surface area contributed by atoms with Gasteiger partial charge in [0.15, 0.2) is 23.1 Å². The maximum Gasteiger partial charge on any atom is 0.251 e. The summed E-state index contributed by atoms with van der Waals surface area (Å²) in [5.74, 6) is -1.72. The van der Waals surface area contributed by atoms with E-state index in [0.29, 0.717) is 17.9 Å². The number of pyridine rings is 1. The van der Waals surface area contributed by atoms with Crippen LogP contribution in [0.1, 0.15) is 48.4 Å². The van der Waals surface area contributed by atoms with Gasteiger partial charge < -0.3 is 15.0 Å². The number of allylic oxidation sites excluding steroid dienone is 5. The zero-order valence-electron chi connectivity index (χ0n) is 19.1. The Morgan fingerprint density at radius 2 is 1.67 bits per heavy atom. The number of nitrogens with zero attached hydrogens (tertiary/aromatic N) is 2. The van der Waals surface area contributed by atoms with E-state index in [2.05, 4.69) is 4.99 Å². The molecule has 4 rings (SSSR count). The molecule has 3 aliphatic rings. The number of carbonyl (C=O) groups excluding carboxylic acids is 4. The zero-order chi connectivity index (χ0) is 24.6. The maximum absolute atomic E-state index is 12.2. The lowest BCUT2D eigenvalue weighted by atomic mass is 9.73. The van der Waals surface area contributed by atoms with Crippen LogP contribution in [0.25, 0.3) is 0 Å². The first-order valence-electron chi connectivity index (χ1n) is 10.4. The number of aryl methyl sites for hydroxylation is 1. The number of aliphatic imine (C=N–C) groups is 1. The number of ketones is 4. The van der Waals surface area contributed by atoms with E-state index >= 15 is 0 Å². The number of aromatic nitrogens is 1. The summed E-state index contributed by atoms with van der Waals surface area (Å²) in [5.41, 5.74) is 7.05. The molecule has 0 saturated carbocycles. The second-order valence-corrected chi connectivity index (χ2v) is 7.98. The molecule has 172 valence electrons. The molecule has 0 aromatic carbocycles. The number of carbonyl (C=O) groups is 4. The van der Waals surface area contributed by atoms with E-state index < -0.39 is 11.8 Å². The van der Waals surface area contributed by atoms with Crippen LogP contribution in [-0.2, 0) is 21.4 Å². The highest BCUT2D eigenvalue weighted by Gasteiger charge is 2.42. The van der Waals surface area contributed by atoms with Crippen molar-refractivity contribution in [1.29, 1.82) is 0 Å². The molecule has 33 heavy (non-hydrogen) atoms. The molecule has 0 amide bonds. The van der Waals surface area contributed by atoms with Crippen LogP contribution < -0.4 is 11.3 Å². The Labute approximate surface area is 190 Å². The van der Waals surface area contributed by atoms with Crippen molar-refractivity contribution >= 4 is 28.8 Å². The quantitative estimate of drug-likeness (QED) is 0.722. The number of Topliss-reactive ketones (excluding diaryl/α,β-unsaturated/α-hetero) is 4. The Kier molecular flexibility index (Phi) is 6.44. The van der Waals surface area contributed by atoms with Gasteiger partial charge in [-0.15, -0.1) is 0 Å². The highest BCUT2D eigenvalue weighted by Crippen LogP contribution is 2.31. The molecule has 2 heterocycles. The van der Waals surface area contributed by atoms with Gasteiger partial charge >= 0.3 is 0 Å². The van der Waals surface area contributed by atoms with Crippen molar-refractivity contribution in [1.82, 2.24) is 4.57 Å². The van der Waals surface area contributed by atoms with Gasteiger partial charge in [0, 0.05) is 47.9 Å². The molecule has 2 aliphatic carbocycles. The number of nitrogens with two attached hydrogens (primary N) is 1. The standard InChI is InChI=1S/C13H13NO4.C11H12N2O2/c1-4-18-13-7(2)11(16)8-5-10(15)14(3)6-9(8)12(13)17;1-5-9(12)11(15)8-6(2)13-4-3-7(8)10(5)14/h5-6H,4H2,1-3H3;3-4,7-8H,12H2,1-2H3. The maximum atomic E-state index is 12.2. The normalized spacial score (nSPS) is 21.9. The van der Waals surface area contributed by atoms with Crippen molar-refractivity contribution < 1.29 is 23.9 Å². The van der Waals surface area contributed by atoms with Crippen LogP contribution in [-0.4, -0.2) is 40.0 Å². The van der Waals surface area contributed by atoms with Crippen molar-refractivity contribution in [3.63, 3.8) is 0 Å². The second-order valence-electron chi connectivity index (χ2n) is 7.98. The molecule has 9 nitrogen and oxygen atoms in total. The summed E-state index contributed by atoms with van der Waals surface area (Å²) in [6, 6.07) is 1.20. The van der Waals surface area contributed by atoms with Crippen LogP contribution in [0.3, 0.4) is 0 Å². The lowest BCUT2D eigenvalue weighted by Crippen LogP contribution is -2.43. The first kappa shape index (κ1) is 23.8. The summed E-state index contributed by atoms with van der Waals surface area (Å²) in [4.78, 5) is 63.5. The molecular formula is C24H25N3O6. The number of rotatable bonds is 2. The summed E-state index contributed by atoms with van der Waals surface area (Å²) in [6.07, 6.45) is 4.63. The average Bonchev–Trinajstić information content (AvgIpc) is 2.79. The number of fused-ring (bicyclic) bond motifs is 2. The lowest BCUT2D eigenvalue weighted by molar-refractivity contribution is -0.127. The van der Waals surface area contributed by atoms with Gasteiger partial charge in [0.1, 0.15) is 0 Å². The van der Waals surface area contributed by atoms with Gasteiger partial charge in [0.05, 0.1) is 29.7 Å². The van der Waals surface area contributed by atoms with E-state index in [0.717, 1.165) is 0 Å². The van der Waals surface area contributed by atoms with Gasteiger partial charge in [-0.3, -0.25) is 29.0 Å². The summed E-state index contributed by atoms with van der Waals surface area (Å²) in [5, 5.41) is 0. The third kappa shape index (κ3) is 4.02. The third-order valence-electron chi connectivity index (χ3n) is 5.90. The Balaban J connectivity index is 0.000000189. The van der Waals surface area contributed by atoms with E-state index in [1.807, 2.05) is 0 Å². The number of ether oxygens (including phenoxy) is 1. The molecule has 0 saturated heterocycles. The van der Waals surface area contributed by atoms with Gasteiger partial charge in [0.2, 0.25) is 5.78 Å². The van der Waals surface area contributed by atoms with Crippen LogP contribution in [0.2, 0.25) is 0 Å². The van der Waals surface area contributed by atoms with Crippen molar-refractivity contribution in [3.8, 4) is 0 Å². The van der Waals surface area contributed by atoms with Crippen LogP contribution in [0, 0.1) is 11.8 Å². The molecule has 0 bridgehead atoms. The average molecular weight is 451 g/mol. The second kappa shape index (κ2) is 8.93. The fourth-order valence-corrected chi connectivity index (χ4v) is 3.95. The minimum Gasteiger partial charge on any atom is -0.489 e.